The molecule has 0 radical (unpaired) electrons. The number of carbonyl (C=O) groups is 1. The van der Waals surface area contributed by atoms with Crippen molar-refractivity contribution >= 4 is 11.6 Å². The zero-order valence-corrected chi connectivity index (χ0v) is 9.49. The Kier molecular flexibility index (Phi) is 2.82. The molecule has 1 aromatic heterocycles. The Morgan fingerprint density at radius 3 is 3.00 bits per heavy atom. The molecule has 1 aliphatic rings. The van der Waals surface area contributed by atoms with E-state index in [2.05, 4.69) is 10.2 Å². The molecule has 1 saturated heterocycles. The molecular formula is C10H16N4O2. The summed E-state index contributed by atoms with van der Waals surface area (Å²) in [5.74, 6) is -0.127. The van der Waals surface area contributed by atoms with Crippen LogP contribution in [0.2, 0.25) is 0 Å². The number of amides is 1. The Bertz CT molecular complexity index is 402. The number of aromatic amines is 1. The van der Waals surface area contributed by atoms with Crippen LogP contribution in [0.3, 0.4) is 0 Å². The van der Waals surface area contributed by atoms with Gasteiger partial charge in [-0.05, 0) is 13.8 Å². The van der Waals surface area contributed by atoms with Gasteiger partial charge in [0.15, 0.2) is 5.69 Å². The average Bonchev–Trinajstić information content (AvgIpc) is 2.60. The maximum atomic E-state index is 12.2. The minimum atomic E-state index is -0.127. The topological polar surface area (TPSA) is 84.2 Å². The molecule has 1 amide bonds. The van der Waals surface area contributed by atoms with Gasteiger partial charge in [-0.2, -0.15) is 5.10 Å². The number of nitrogen functional groups attached to an aromatic ring is 1. The van der Waals surface area contributed by atoms with Gasteiger partial charge in [0, 0.05) is 6.54 Å². The highest BCUT2D eigenvalue weighted by atomic mass is 16.5. The fourth-order valence-corrected chi connectivity index (χ4v) is 1.77. The normalized spacial score (nSPS) is 21.1. The highest BCUT2D eigenvalue weighted by Gasteiger charge is 2.28. The number of carbonyl (C=O) groups excluding carboxylic acids is 1. The van der Waals surface area contributed by atoms with Gasteiger partial charge in [-0.25, -0.2) is 0 Å². The molecule has 16 heavy (non-hydrogen) atoms. The number of ether oxygens (including phenoxy) is 1. The molecule has 0 aliphatic carbocycles. The number of nitrogens with one attached hydrogen (secondary N) is 1. The van der Waals surface area contributed by atoms with Crippen LogP contribution < -0.4 is 5.73 Å². The standard InChI is InChI=1S/C10H16N4O2/c1-6-5-16-4-3-14(6)10(15)9-8(11)7(2)12-13-9/h6H,3-5,11H2,1-2H3,(H,12,13). The minimum Gasteiger partial charge on any atom is -0.395 e. The molecule has 0 saturated carbocycles. The van der Waals surface area contributed by atoms with Gasteiger partial charge in [-0.15, -0.1) is 0 Å². The lowest BCUT2D eigenvalue weighted by Gasteiger charge is -2.32. The second-order valence-electron chi connectivity index (χ2n) is 4.03. The van der Waals surface area contributed by atoms with Crippen LogP contribution in [0.4, 0.5) is 5.69 Å². The Morgan fingerprint density at radius 1 is 1.69 bits per heavy atom. The molecule has 0 aromatic carbocycles. The van der Waals surface area contributed by atoms with Crippen molar-refractivity contribution in [1.29, 1.82) is 0 Å². The first-order chi connectivity index (χ1) is 7.61. The highest BCUT2D eigenvalue weighted by Crippen LogP contribution is 2.17. The summed E-state index contributed by atoms with van der Waals surface area (Å²) in [6.07, 6.45) is 0. The molecule has 88 valence electrons. The third kappa shape index (κ3) is 1.76. The van der Waals surface area contributed by atoms with E-state index >= 15 is 0 Å². The molecule has 6 nitrogen and oxygen atoms in total. The molecule has 3 N–H and O–H groups in total. The highest BCUT2D eigenvalue weighted by molar-refractivity contribution is 5.97. The largest absolute Gasteiger partial charge is 0.395 e. The van der Waals surface area contributed by atoms with Crippen molar-refractivity contribution in [3.8, 4) is 0 Å². The molecule has 2 rings (SSSR count). The monoisotopic (exact) mass is 224 g/mol. The summed E-state index contributed by atoms with van der Waals surface area (Å²) in [6, 6.07) is 0.0673. The van der Waals surface area contributed by atoms with E-state index < -0.39 is 0 Å². The van der Waals surface area contributed by atoms with Crippen molar-refractivity contribution in [2.75, 3.05) is 25.5 Å². The number of H-pyrrole nitrogens is 1. The first-order valence-corrected chi connectivity index (χ1v) is 5.30. The molecule has 1 unspecified atom stereocenters. The van der Waals surface area contributed by atoms with Crippen molar-refractivity contribution in [2.24, 2.45) is 0 Å². The van der Waals surface area contributed by atoms with Gasteiger partial charge < -0.3 is 15.4 Å². The second kappa shape index (κ2) is 4.13. The van der Waals surface area contributed by atoms with Crippen LogP contribution in [0.15, 0.2) is 0 Å². The fraction of sp³-hybridized carbons (Fsp3) is 0.600. The molecule has 0 spiro atoms. The maximum Gasteiger partial charge on any atom is 0.276 e. The number of anilines is 1. The summed E-state index contributed by atoms with van der Waals surface area (Å²) in [5, 5.41) is 6.66. The first-order valence-electron chi connectivity index (χ1n) is 5.30. The van der Waals surface area contributed by atoms with Crippen LogP contribution in [0.25, 0.3) is 0 Å². The van der Waals surface area contributed by atoms with E-state index in [-0.39, 0.29) is 11.9 Å². The molecule has 1 aliphatic heterocycles. The number of hydrogen-bond donors (Lipinski definition) is 2. The lowest BCUT2D eigenvalue weighted by molar-refractivity contribution is 0.00333. The van der Waals surface area contributed by atoms with Crippen molar-refractivity contribution in [2.45, 2.75) is 19.9 Å². The molecule has 1 fully saturated rings. The predicted octanol–water partition coefficient (Wildman–Crippen LogP) is 0.161. The number of hydrogen-bond acceptors (Lipinski definition) is 4. The zero-order valence-electron chi connectivity index (χ0n) is 9.49. The van der Waals surface area contributed by atoms with E-state index in [9.17, 15) is 4.79 Å². The van der Waals surface area contributed by atoms with E-state index in [1.165, 1.54) is 0 Å². The van der Waals surface area contributed by atoms with E-state index in [0.717, 1.165) is 5.69 Å². The van der Waals surface area contributed by atoms with Crippen LogP contribution in [-0.4, -0.2) is 46.8 Å². The summed E-state index contributed by atoms with van der Waals surface area (Å²) < 4.78 is 5.28. The SMILES string of the molecule is Cc1[nH]nc(C(=O)N2CCOCC2C)c1N. The van der Waals surface area contributed by atoms with Gasteiger partial charge in [0.2, 0.25) is 0 Å². The second-order valence-corrected chi connectivity index (χ2v) is 4.03. The maximum absolute atomic E-state index is 12.2. The van der Waals surface area contributed by atoms with Crippen molar-refractivity contribution in [3.63, 3.8) is 0 Å². The average molecular weight is 224 g/mol. The lowest BCUT2D eigenvalue weighted by atomic mass is 10.2. The van der Waals surface area contributed by atoms with Gasteiger partial charge in [0.1, 0.15) is 0 Å². The molecule has 0 bridgehead atoms. The summed E-state index contributed by atoms with van der Waals surface area (Å²) in [5.41, 5.74) is 7.25. The van der Waals surface area contributed by atoms with Crippen LogP contribution in [-0.2, 0) is 4.74 Å². The lowest BCUT2D eigenvalue weighted by Crippen LogP contribution is -2.47. The summed E-state index contributed by atoms with van der Waals surface area (Å²) in [4.78, 5) is 13.9. The van der Waals surface area contributed by atoms with Gasteiger partial charge in [0.25, 0.3) is 5.91 Å². The third-order valence-corrected chi connectivity index (χ3v) is 2.83. The van der Waals surface area contributed by atoms with Crippen LogP contribution >= 0.6 is 0 Å². The summed E-state index contributed by atoms with van der Waals surface area (Å²) in [7, 11) is 0. The Hall–Kier alpha value is -1.56. The van der Waals surface area contributed by atoms with Crippen molar-refractivity contribution in [3.05, 3.63) is 11.4 Å². The third-order valence-electron chi connectivity index (χ3n) is 2.83. The fourth-order valence-electron chi connectivity index (χ4n) is 1.77. The Labute approximate surface area is 93.8 Å². The van der Waals surface area contributed by atoms with E-state index in [0.29, 0.717) is 31.1 Å². The van der Waals surface area contributed by atoms with Gasteiger partial charge in [-0.1, -0.05) is 0 Å². The van der Waals surface area contributed by atoms with Gasteiger partial charge >= 0.3 is 0 Å². The number of nitrogens with two attached hydrogens (primary N) is 1. The van der Waals surface area contributed by atoms with Crippen molar-refractivity contribution < 1.29 is 9.53 Å². The van der Waals surface area contributed by atoms with E-state index in [4.69, 9.17) is 10.5 Å². The molecule has 2 heterocycles. The van der Waals surface area contributed by atoms with Crippen LogP contribution in [0.1, 0.15) is 23.1 Å². The number of aryl methyl sites for hydroxylation is 1. The molecule has 1 atom stereocenters. The summed E-state index contributed by atoms with van der Waals surface area (Å²) >= 11 is 0. The minimum absolute atomic E-state index is 0.0673. The molecule has 1 aromatic rings. The van der Waals surface area contributed by atoms with Crippen molar-refractivity contribution in [1.82, 2.24) is 15.1 Å². The smallest absolute Gasteiger partial charge is 0.276 e. The van der Waals surface area contributed by atoms with E-state index in [1.807, 2.05) is 6.92 Å². The first kappa shape index (κ1) is 10.9. The molecular weight excluding hydrogens is 208 g/mol. The summed E-state index contributed by atoms with van der Waals surface area (Å²) in [6.45, 7) is 5.47. The Balaban J connectivity index is 2.21. The number of morpholine rings is 1. The van der Waals surface area contributed by atoms with Gasteiger partial charge in [0.05, 0.1) is 30.6 Å². The van der Waals surface area contributed by atoms with E-state index in [1.54, 1.807) is 11.8 Å². The number of aromatic nitrogens is 2. The Morgan fingerprint density at radius 2 is 2.44 bits per heavy atom. The number of rotatable bonds is 1. The zero-order chi connectivity index (χ0) is 11.7. The molecule has 6 heteroatoms. The number of nitrogens with zero attached hydrogens (tertiary/aromatic N) is 2. The van der Waals surface area contributed by atoms with Gasteiger partial charge in [-0.3, -0.25) is 9.89 Å². The predicted molar refractivity (Wildman–Crippen MR) is 59.1 cm³/mol. The van der Waals surface area contributed by atoms with Crippen LogP contribution in [0, 0.1) is 6.92 Å². The van der Waals surface area contributed by atoms with Crippen LogP contribution in [0.5, 0.6) is 0 Å². The quantitative estimate of drug-likeness (QED) is 0.711.